The molecule has 0 spiro atoms. The number of aliphatic hydroxyl groups excluding tert-OH is 1. The molecule has 1 aliphatic rings. The molecule has 1 aliphatic carbocycles. The Labute approximate surface area is 74.8 Å². The topological polar surface area (TPSA) is 20.2 Å². The summed E-state index contributed by atoms with van der Waals surface area (Å²) in [5.41, 5.74) is 2.61. The Kier molecular flexibility index (Phi) is 3.54. The van der Waals surface area contributed by atoms with Crippen LogP contribution in [0, 0.1) is 5.92 Å². The van der Waals surface area contributed by atoms with Crippen LogP contribution in [0.2, 0.25) is 0 Å². The highest BCUT2D eigenvalue weighted by Gasteiger charge is 2.11. The van der Waals surface area contributed by atoms with Crippen LogP contribution in [0.25, 0.3) is 0 Å². The Morgan fingerprint density at radius 1 is 1.58 bits per heavy atom. The van der Waals surface area contributed by atoms with Crippen LogP contribution in [0.1, 0.15) is 33.1 Å². The second-order valence-corrected chi connectivity index (χ2v) is 3.47. The van der Waals surface area contributed by atoms with Crippen molar-refractivity contribution in [1.29, 1.82) is 0 Å². The molecule has 1 nitrogen and oxygen atoms in total. The second-order valence-electron chi connectivity index (χ2n) is 3.47. The lowest BCUT2D eigenvalue weighted by Gasteiger charge is -2.18. The van der Waals surface area contributed by atoms with Gasteiger partial charge in [-0.3, -0.25) is 0 Å². The van der Waals surface area contributed by atoms with Crippen molar-refractivity contribution >= 4 is 0 Å². The van der Waals surface area contributed by atoms with Crippen LogP contribution in [0.4, 0.5) is 0 Å². The average Bonchev–Trinajstić information content (AvgIpc) is 2.16. The lowest BCUT2D eigenvalue weighted by Crippen LogP contribution is -2.06. The first-order valence-corrected chi connectivity index (χ1v) is 4.78. The van der Waals surface area contributed by atoms with Gasteiger partial charge in [0, 0.05) is 0 Å². The molecule has 1 N–H and O–H groups in total. The van der Waals surface area contributed by atoms with E-state index < -0.39 is 0 Å². The van der Waals surface area contributed by atoms with E-state index in [4.69, 9.17) is 5.11 Å². The molecule has 1 rings (SSSR count). The predicted octanol–water partition coefficient (Wildman–Crippen LogP) is 2.67. The summed E-state index contributed by atoms with van der Waals surface area (Å²) in [6.07, 6.45) is 7.69. The summed E-state index contributed by atoms with van der Waals surface area (Å²) in [5, 5.41) is 9.11. The lowest BCUT2D eigenvalue weighted by atomic mass is 9.88. The normalized spacial score (nSPS) is 19.9. The van der Waals surface area contributed by atoms with E-state index in [1.807, 2.05) is 0 Å². The molecular weight excluding hydrogens is 148 g/mol. The van der Waals surface area contributed by atoms with Gasteiger partial charge in [0.15, 0.2) is 0 Å². The SMILES string of the molecule is CCC(C)C1=C(CO)CCC=C1. The largest absolute Gasteiger partial charge is 0.392 e. The first-order chi connectivity index (χ1) is 5.79. The van der Waals surface area contributed by atoms with Crippen molar-refractivity contribution in [1.82, 2.24) is 0 Å². The minimum absolute atomic E-state index is 0.240. The highest BCUT2D eigenvalue weighted by atomic mass is 16.3. The van der Waals surface area contributed by atoms with Crippen LogP contribution < -0.4 is 0 Å². The number of hydrogen-bond acceptors (Lipinski definition) is 1. The van der Waals surface area contributed by atoms with Gasteiger partial charge in [-0.15, -0.1) is 0 Å². The number of aliphatic hydroxyl groups is 1. The minimum atomic E-state index is 0.240. The van der Waals surface area contributed by atoms with Gasteiger partial charge < -0.3 is 5.11 Å². The van der Waals surface area contributed by atoms with Crippen LogP contribution in [-0.2, 0) is 0 Å². The van der Waals surface area contributed by atoms with Gasteiger partial charge in [0.25, 0.3) is 0 Å². The van der Waals surface area contributed by atoms with Gasteiger partial charge in [-0.1, -0.05) is 26.0 Å². The third kappa shape index (κ3) is 1.98. The van der Waals surface area contributed by atoms with Crippen LogP contribution >= 0.6 is 0 Å². The quantitative estimate of drug-likeness (QED) is 0.683. The van der Waals surface area contributed by atoms with Gasteiger partial charge in [-0.05, 0) is 36.3 Å². The van der Waals surface area contributed by atoms with Crippen molar-refractivity contribution in [3.8, 4) is 0 Å². The average molecular weight is 166 g/mol. The van der Waals surface area contributed by atoms with Crippen molar-refractivity contribution in [2.75, 3.05) is 6.61 Å². The van der Waals surface area contributed by atoms with Crippen LogP contribution in [0.5, 0.6) is 0 Å². The minimum Gasteiger partial charge on any atom is -0.392 e. The van der Waals surface area contributed by atoms with E-state index in [2.05, 4.69) is 26.0 Å². The molecule has 1 unspecified atom stereocenters. The molecule has 1 atom stereocenters. The van der Waals surface area contributed by atoms with Gasteiger partial charge in [0.2, 0.25) is 0 Å². The van der Waals surface area contributed by atoms with Crippen molar-refractivity contribution in [2.24, 2.45) is 5.92 Å². The third-order valence-electron chi connectivity index (χ3n) is 2.65. The Morgan fingerprint density at radius 2 is 2.33 bits per heavy atom. The molecule has 0 aliphatic heterocycles. The van der Waals surface area contributed by atoms with Crippen molar-refractivity contribution < 1.29 is 5.11 Å². The number of rotatable bonds is 3. The molecule has 0 aromatic heterocycles. The molecule has 0 radical (unpaired) electrons. The third-order valence-corrected chi connectivity index (χ3v) is 2.65. The fraction of sp³-hybridized carbons (Fsp3) is 0.636. The van der Waals surface area contributed by atoms with Crippen molar-refractivity contribution in [3.05, 3.63) is 23.3 Å². The zero-order valence-electron chi connectivity index (χ0n) is 8.01. The summed E-state index contributed by atoms with van der Waals surface area (Å²) in [5.74, 6) is 0.601. The molecule has 0 aromatic rings. The highest BCUT2D eigenvalue weighted by molar-refractivity contribution is 5.31. The fourth-order valence-electron chi connectivity index (χ4n) is 1.63. The van der Waals surface area contributed by atoms with E-state index in [9.17, 15) is 0 Å². The van der Waals surface area contributed by atoms with E-state index in [1.54, 1.807) is 0 Å². The molecule has 0 aromatic carbocycles. The smallest absolute Gasteiger partial charge is 0.0647 e. The van der Waals surface area contributed by atoms with Crippen LogP contribution in [0.3, 0.4) is 0 Å². The second kappa shape index (κ2) is 4.46. The molecule has 0 saturated carbocycles. The fourth-order valence-corrected chi connectivity index (χ4v) is 1.63. The van der Waals surface area contributed by atoms with Gasteiger partial charge in [0.05, 0.1) is 6.61 Å². The maximum absolute atomic E-state index is 9.11. The van der Waals surface area contributed by atoms with Gasteiger partial charge in [-0.2, -0.15) is 0 Å². The molecule has 0 fully saturated rings. The lowest BCUT2D eigenvalue weighted by molar-refractivity contribution is 0.323. The van der Waals surface area contributed by atoms with Crippen molar-refractivity contribution in [2.45, 2.75) is 33.1 Å². The number of allylic oxidation sites excluding steroid dienone is 3. The summed E-state index contributed by atoms with van der Waals surface area (Å²) < 4.78 is 0. The highest BCUT2D eigenvalue weighted by Crippen LogP contribution is 2.26. The monoisotopic (exact) mass is 166 g/mol. The molecule has 0 bridgehead atoms. The standard InChI is InChI=1S/C11H18O/c1-3-9(2)11-7-5-4-6-10(11)8-12/h5,7,9,12H,3-4,6,8H2,1-2H3. The summed E-state index contributed by atoms with van der Waals surface area (Å²) >= 11 is 0. The molecule has 0 heterocycles. The van der Waals surface area contributed by atoms with Gasteiger partial charge in [0.1, 0.15) is 0 Å². The van der Waals surface area contributed by atoms with E-state index in [1.165, 1.54) is 11.1 Å². The zero-order valence-corrected chi connectivity index (χ0v) is 8.01. The zero-order chi connectivity index (χ0) is 8.97. The first kappa shape index (κ1) is 9.53. The Balaban J connectivity index is 2.80. The summed E-state index contributed by atoms with van der Waals surface area (Å²) in [6, 6.07) is 0. The van der Waals surface area contributed by atoms with E-state index in [-0.39, 0.29) is 6.61 Å². The maximum atomic E-state index is 9.11. The van der Waals surface area contributed by atoms with Crippen molar-refractivity contribution in [3.63, 3.8) is 0 Å². The summed E-state index contributed by atoms with van der Waals surface area (Å²) in [4.78, 5) is 0. The van der Waals surface area contributed by atoms with Crippen LogP contribution in [-0.4, -0.2) is 11.7 Å². The molecule has 68 valence electrons. The van der Waals surface area contributed by atoms with E-state index in [0.717, 1.165) is 19.3 Å². The summed E-state index contributed by atoms with van der Waals surface area (Å²) in [6.45, 7) is 4.65. The predicted molar refractivity (Wildman–Crippen MR) is 51.9 cm³/mol. The summed E-state index contributed by atoms with van der Waals surface area (Å²) in [7, 11) is 0. The molecule has 0 saturated heterocycles. The van der Waals surface area contributed by atoms with Crippen LogP contribution in [0.15, 0.2) is 23.3 Å². The van der Waals surface area contributed by atoms with E-state index in [0.29, 0.717) is 5.92 Å². The van der Waals surface area contributed by atoms with E-state index >= 15 is 0 Å². The number of hydrogen-bond donors (Lipinski definition) is 1. The Bertz CT molecular complexity index is 201. The van der Waals surface area contributed by atoms with Gasteiger partial charge >= 0.3 is 0 Å². The molecular formula is C11H18O. The maximum Gasteiger partial charge on any atom is 0.0647 e. The van der Waals surface area contributed by atoms with Gasteiger partial charge in [-0.25, -0.2) is 0 Å². The molecule has 1 heteroatoms. The Morgan fingerprint density at radius 3 is 2.92 bits per heavy atom. The Hall–Kier alpha value is -0.560. The molecule has 12 heavy (non-hydrogen) atoms. The molecule has 0 amide bonds. The first-order valence-electron chi connectivity index (χ1n) is 4.78.